The second kappa shape index (κ2) is 5.37. The number of nitrogens with one attached hydrogen (secondary N) is 1. The average molecular weight is 298 g/mol. The lowest BCUT2D eigenvalue weighted by molar-refractivity contribution is 0.793. The number of halogens is 1. The quantitative estimate of drug-likeness (QED) is 0.830. The van der Waals surface area contributed by atoms with Gasteiger partial charge in [0.25, 0.3) is 0 Å². The Kier molecular flexibility index (Phi) is 4.09. The fourth-order valence-electron chi connectivity index (χ4n) is 2.80. The Morgan fingerprint density at radius 2 is 2.12 bits per heavy atom. The molecule has 1 aromatic rings. The van der Waals surface area contributed by atoms with Crippen molar-refractivity contribution in [3.8, 4) is 0 Å². The molecule has 0 radical (unpaired) electrons. The molecule has 0 saturated carbocycles. The van der Waals surface area contributed by atoms with E-state index in [0.717, 1.165) is 5.54 Å². The molecule has 0 fully saturated rings. The van der Waals surface area contributed by atoms with Crippen molar-refractivity contribution in [3.05, 3.63) is 28.2 Å². The lowest BCUT2D eigenvalue weighted by atomic mass is 10.0. The normalized spacial score (nSPS) is 19.4. The molecule has 1 aliphatic heterocycles. The maximum Gasteiger partial charge on any atom is 0.0419 e. The number of anilines is 1. The second-order valence-corrected chi connectivity index (χ2v) is 9.64. The zero-order valence-electron chi connectivity index (χ0n) is 10.1. The van der Waals surface area contributed by atoms with Gasteiger partial charge in [0.15, 0.2) is 0 Å². The Hall–Kier alpha value is -0.283. The van der Waals surface area contributed by atoms with Crippen LogP contribution in [0.3, 0.4) is 0 Å². The minimum Gasteiger partial charge on any atom is -0.385 e. The lowest BCUT2D eigenvalue weighted by Gasteiger charge is -2.31. The SMILES string of the molecule is CC[SiH](CC)C1CNc2cccc(Br)c2C1. The van der Waals surface area contributed by atoms with Gasteiger partial charge in [-0.3, -0.25) is 0 Å². The molecule has 2 rings (SSSR count). The molecule has 1 heterocycles. The van der Waals surface area contributed by atoms with Crippen molar-refractivity contribution in [2.75, 3.05) is 11.9 Å². The minimum absolute atomic E-state index is 0.536. The number of rotatable bonds is 3. The van der Waals surface area contributed by atoms with Gasteiger partial charge in [-0.25, -0.2) is 0 Å². The highest BCUT2D eigenvalue weighted by Crippen LogP contribution is 2.35. The van der Waals surface area contributed by atoms with E-state index < -0.39 is 8.80 Å². The Bertz CT molecular complexity index is 363. The van der Waals surface area contributed by atoms with Crippen LogP contribution in [0.2, 0.25) is 17.6 Å². The number of fused-ring (bicyclic) bond motifs is 1. The van der Waals surface area contributed by atoms with Crippen LogP contribution < -0.4 is 5.32 Å². The van der Waals surface area contributed by atoms with Crippen LogP contribution >= 0.6 is 15.9 Å². The van der Waals surface area contributed by atoms with Gasteiger partial charge in [0.1, 0.15) is 0 Å². The standard InChI is InChI=1S/C13H20BrNSi/c1-3-16(4-2)10-8-11-12(14)6-5-7-13(11)15-9-10/h5-7,10,15-16H,3-4,8-9H2,1-2H3. The molecule has 0 spiro atoms. The van der Waals surface area contributed by atoms with Gasteiger partial charge in [-0.05, 0) is 29.7 Å². The third-order valence-corrected chi connectivity index (χ3v) is 8.50. The summed E-state index contributed by atoms with van der Waals surface area (Å²) in [4.78, 5) is 0. The summed E-state index contributed by atoms with van der Waals surface area (Å²) in [6.07, 6.45) is 1.28. The Balaban J connectivity index is 2.19. The molecule has 1 aliphatic rings. The molecule has 1 atom stereocenters. The fraction of sp³-hybridized carbons (Fsp3) is 0.538. The van der Waals surface area contributed by atoms with Crippen LogP contribution in [0.15, 0.2) is 22.7 Å². The van der Waals surface area contributed by atoms with Gasteiger partial charge >= 0.3 is 0 Å². The molecular formula is C13H20BrNSi. The van der Waals surface area contributed by atoms with Gasteiger partial charge in [-0.1, -0.05) is 47.9 Å². The van der Waals surface area contributed by atoms with Crippen LogP contribution in [0.4, 0.5) is 5.69 Å². The molecule has 3 heteroatoms. The van der Waals surface area contributed by atoms with Crippen molar-refractivity contribution in [1.82, 2.24) is 0 Å². The van der Waals surface area contributed by atoms with Crippen LogP contribution in [0, 0.1) is 0 Å². The van der Waals surface area contributed by atoms with E-state index in [9.17, 15) is 0 Å². The number of hydrogen-bond donors (Lipinski definition) is 1. The van der Waals surface area contributed by atoms with E-state index in [2.05, 4.69) is 53.3 Å². The zero-order valence-corrected chi connectivity index (χ0v) is 12.8. The van der Waals surface area contributed by atoms with Crippen LogP contribution in [0.5, 0.6) is 0 Å². The van der Waals surface area contributed by atoms with Crippen molar-refractivity contribution < 1.29 is 0 Å². The first-order valence-electron chi connectivity index (χ1n) is 6.27. The molecule has 0 aliphatic carbocycles. The Morgan fingerprint density at radius 1 is 1.38 bits per heavy atom. The maximum absolute atomic E-state index is 3.68. The van der Waals surface area contributed by atoms with Crippen LogP contribution in [0.25, 0.3) is 0 Å². The monoisotopic (exact) mass is 297 g/mol. The number of hydrogen-bond acceptors (Lipinski definition) is 1. The third kappa shape index (κ3) is 2.35. The highest BCUT2D eigenvalue weighted by Gasteiger charge is 2.25. The summed E-state index contributed by atoms with van der Waals surface area (Å²) >= 11 is 3.68. The molecule has 0 bridgehead atoms. The zero-order chi connectivity index (χ0) is 11.5. The average Bonchev–Trinajstić information content (AvgIpc) is 2.32. The van der Waals surface area contributed by atoms with Crippen LogP contribution in [0.1, 0.15) is 19.4 Å². The van der Waals surface area contributed by atoms with Gasteiger partial charge < -0.3 is 5.32 Å². The topological polar surface area (TPSA) is 12.0 Å². The highest BCUT2D eigenvalue weighted by atomic mass is 79.9. The van der Waals surface area contributed by atoms with Crippen molar-refractivity contribution in [2.24, 2.45) is 0 Å². The maximum atomic E-state index is 3.68. The van der Waals surface area contributed by atoms with Gasteiger partial charge in [-0.2, -0.15) is 0 Å². The predicted molar refractivity (Wildman–Crippen MR) is 78.2 cm³/mol. The van der Waals surface area contributed by atoms with Gasteiger partial charge in [0, 0.05) is 25.5 Å². The van der Waals surface area contributed by atoms with E-state index in [1.54, 1.807) is 0 Å². The smallest absolute Gasteiger partial charge is 0.0419 e. The molecular weight excluding hydrogens is 278 g/mol. The van der Waals surface area contributed by atoms with E-state index >= 15 is 0 Å². The van der Waals surface area contributed by atoms with Gasteiger partial charge in [0.2, 0.25) is 0 Å². The molecule has 0 saturated heterocycles. The molecule has 0 amide bonds. The third-order valence-electron chi connectivity index (χ3n) is 3.86. The molecule has 1 N–H and O–H groups in total. The first-order chi connectivity index (χ1) is 7.76. The number of benzene rings is 1. The second-order valence-electron chi connectivity index (χ2n) is 4.69. The van der Waals surface area contributed by atoms with E-state index in [4.69, 9.17) is 0 Å². The summed E-state index contributed by atoms with van der Waals surface area (Å²) in [7, 11) is -0.536. The molecule has 1 unspecified atom stereocenters. The van der Waals surface area contributed by atoms with Crippen molar-refractivity contribution in [3.63, 3.8) is 0 Å². The van der Waals surface area contributed by atoms with Crippen LogP contribution in [-0.2, 0) is 6.42 Å². The Morgan fingerprint density at radius 3 is 2.81 bits per heavy atom. The van der Waals surface area contributed by atoms with Gasteiger partial charge in [0.05, 0.1) is 0 Å². The largest absolute Gasteiger partial charge is 0.385 e. The lowest BCUT2D eigenvalue weighted by Crippen LogP contribution is -2.30. The highest BCUT2D eigenvalue weighted by molar-refractivity contribution is 9.10. The molecule has 88 valence electrons. The first-order valence-corrected chi connectivity index (χ1v) is 9.36. The van der Waals surface area contributed by atoms with E-state index in [1.165, 1.54) is 40.8 Å². The molecule has 1 nitrogen and oxygen atoms in total. The minimum atomic E-state index is -0.536. The van der Waals surface area contributed by atoms with Crippen LogP contribution in [-0.4, -0.2) is 15.3 Å². The summed E-state index contributed by atoms with van der Waals surface area (Å²) in [5.74, 6) is 0. The van der Waals surface area contributed by atoms with Crippen molar-refractivity contribution in [1.29, 1.82) is 0 Å². The molecule has 0 aromatic heterocycles. The summed E-state index contributed by atoms with van der Waals surface area (Å²) in [5.41, 5.74) is 3.77. The van der Waals surface area contributed by atoms with E-state index in [-0.39, 0.29) is 0 Å². The predicted octanol–water partition coefficient (Wildman–Crippen LogP) is 4.05. The Labute approximate surface area is 108 Å². The fourth-order valence-corrected chi connectivity index (χ4v) is 6.25. The summed E-state index contributed by atoms with van der Waals surface area (Å²) in [5, 5.41) is 3.61. The summed E-state index contributed by atoms with van der Waals surface area (Å²) in [6.45, 7) is 5.94. The summed E-state index contributed by atoms with van der Waals surface area (Å²) in [6, 6.07) is 9.35. The van der Waals surface area contributed by atoms with Gasteiger partial charge in [-0.15, -0.1) is 0 Å². The van der Waals surface area contributed by atoms with Crippen molar-refractivity contribution >= 4 is 30.4 Å². The summed E-state index contributed by atoms with van der Waals surface area (Å²) < 4.78 is 1.28. The molecule has 16 heavy (non-hydrogen) atoms. The molecule has 1 aromatic carbocycles. The first kappa shape index (κ1) is 12.2. The van der Waals surface area contributed by atoms with E-state index in [1.807, 2.05) is 0 Å². The van der Waals surface area contributed by atoms with Crippen molar-refractivity contribution in [2.45, 2.75) is 37.9 Å². The van der Waals surface area contributed by atoms with E-state index in [0.29, 0.717) is 0 Å².